The maximum Gasteiger partial charge on any atom is 0.343 e. The highest BCUT2D eigenvalue weighted by atomic mass is 16.5. The summed E-state index contributed by atoms with van der Waals surface area (Å²) >= 11 is 0. The van der Waals surface area contributed by atoms with E-state index in [1.165, 1.54) is 5.56 Å². The maximum atomic E-state index is 13.2. The van der Waals surface area contributed by atoms with Crippen LogP contribution in [0.2, 0.25) is 0 Å². The first-order valence-electron chi connectivity index (χ1n) is 10.8. The summed E-state index contributed by atoms with van der Waals surface area (Å²) in [6.45, 7) is 2.96. The predicted octanol–water partition coefficient (Wildman–Crippen LogP) is 2.41. The maximum absolute atomic E-state index is 13.2. The van der Waals surface area contributed by atoms with Crippen molar-refractivity contribution >= 4 is 22.7 Å². The third-order valence-electron chi connectivity index (χ3n) is 6.64. The van der Waals surface area contributed by atoms with Crippen molar-refractivity contribution in [1.29, 1.82) is 0 Å². The molecule has 2 fully saturated rings. The van der Waals surface area contributed by atoms with E-state index in [-0.39, 0.29) is 17.6 Å². The SMILES string of the molecule is CCOC(=O)c1cn(C2CC2)c2c3c(ncc2c1=O)N1C[C@@H](NC)C[C@H]1CCC3. The highest BCUT2D eigenvalue weighted by Gasteiger charge is 2.37. The largest absolute Gasteiger partial charge is 0.462 e. The monoisotopic (exact) mass is 396 g/mol. The first-order chi connectivity index (χ1) is 14.1. The predicted molar refractivity (Wildman–Crippen MR) is 112 cm³/mol. The van der Waals surface area contributed by atoms with Gasteiger partial charge in [-0.15, -0.1) is 0 Å². The molecule has 0 bridgehead atoms. The van der Waals surface area contributed by atoms with Crippen molar-refractivity contribution in [1.82, 2.24) is 14.9 Å². The second-order valence-corrected chi connectivity index (χ2v) is 8.47. The van der Waals surface area contributed by atoms with E-state index in [2.05, 4.69) is 14.8 Å². The molecule has 0 unspecified atom stereocenters. The van der Waals surface area contributed by atoms with Gasteiger partial charge in [0, 0.05) is 42.6 Å². The van der Waals surface area contributed by atoms with Gasteiger partial charge in [0.1, 0.15) is 11.4 Å². The molecule has 7 heteroatoms. The Morgan fingerprint density at radius 2 is 2.14 bits per heavy atom. The van der Waals surface area contributed by atoms with E-state index >= 15 is 0 Å². The average Bonchev–Trinajstić information content (AvgIpc) is 3.51. The summed E-state index contributed by atoms with van der Waals surface area (Å²) in [5.41, 5.74) is 2.00. The fourth-order valence-electron chi connectivity index (χ4n) is 5.05. The quantitative estimate of drug-likeness (QED) is 0.800. The van der Waals surface area contributed by atoms with E-state index in [1.54, 1.807) is 19.3 Å². The van der Waals surface area contributed by atoms with Crippen molar-refractivity contribution in [3.8, 4) is 0 Å². The van der Waals surface area contributed by atoms with Crippen LogP contribution in [0.4, 0.5) is 5.82 Å². The van der Waals surface area contributed by atoms with Gasteiger partial charge >= 0.3 is 5.97 Å². The molecule has 1 N–H and O–H groups in total. The second kappa shape index (κ2) is 7.13. The standard InChI is InChI=1S/C22H28N4O3/c1-3-29-22(28)18-12-25(14-7-8-14)19-16-6-4-5-15-9-13(23-2)11-26(15)21(16)24-10-17(19)20(18)27/h10,12-15,23H,3-9,11H2,1-2H3/t13-,15+/m0/s1. The van der Waals surface area contributed by atoms with Gasteiger partial charge in [-0.1, -0.05) is 0 Å². The number of fused-ring (bicyclic) bond motifs is 5. The number of aryl methyl sites for hydroxylation is 1. The van der Waals surface area contributed by atoms with E-state index < -0.39 is 5.97 Å². The van der Waals surface area contributed by atoms with Gasteiger partial charge in [0.2, 0.25) is 5.43 Å². The van der Waals surface area contributed by atoms with Crippen LogP contribution in [0.5, 0.6) is 0 Å². The van der Waals surface area contributed by atoms with Gasteiger partial charge in [0.15, 0.2) is 0 Å². The van der Waals surface area contributed by atoms with Crippen LogP contribution in [0.25, 0.3) is 10.9 Å². The molecule has 1 saturated carbocycles. The van der Waals surface area contributed by atoms with E-state index in [9.17, 15) is 9.59 Å². The Kier molecular flexibility index (Phi) is 4.57. The number of rotatable bonds is 4. The minimum absolute atomic E-state index is 0.121. The van der Waals surface area contributed by atoms with Crippen LogP contribution in [-0.4, -0.2) is 47.8 Å². The van der Waals surface area contributed by atoms with Crippen molar-refractivity contribution in [3.63, 3.8) is 0 Å². The van der Waals surface area contributed by atoms with Gasteiger partial charge in [-0.25, -0.2) is 9.78 Å². The Balaban J connectivity index is 1.72. The fourth-order valence-corrected chi connectivity index (χ4v) is 5.05. The molecule has 0 amide bonds. The Morgan fingerprint density at radius 1 is 1.31 bits per heavy atom. The molecule has 2 aromatic heterocycles. The van der Waals surface area contributed by atoms with Crippen LogP contribution in [0.15, 0.2) is 17.2 Å². The number of nitrogens with zero attached hydrogens (tertiary/aromatic N) is 3. The third-order valence-corrected chi connectivity index (χ3v) is 6.64. The van der Waals surface area contributed by atoms with Crippen molar-refractivity contribution in [3.05, 3.63) is 33.7 Å². The molecule has 5 rings (SSSR count). The van der Waals surface area contributed by atoms with Crippen molar-refractivity contribution in [2.45, 2.75) is 63.6 Å². The van der Waals surface area contributed by atoms with Crippen molar-refractivity contribution in [2.75, 3.05) is 25.1 Å². The Hall–Kier alpha value is -2.41. The number of anilines is 1. The van der Waals surface area contributed by atoms with Crippen LogP contribution < -0.4 is 15.6 Å². The molecule has 1 saturated heterocycles. The molecule has 1 aliphatic carbocycles. The lowest BCUT2D eigenvalue weighted by Gasteiger charge is -2.26. The number of likely N-dealkylation sites (N-methyl/N-ethyl adjacent to an activating group) is 1. The number of hydrogen-bond donors (Lipinski definition) is 1. The summed E-state index contributed by atoms with van der Waals surface area (Å²) in [5, 5.41) is 3.96. The van der Waals surface area contributed by atoms with E-state index in [1.807, 2.05) is 7.05 Å². The Labute approximate surface area is 170 Å². The number of nitrogens with one attached hydrogen (secondary N) is 1. The number of esters is 1. The molecule has 0 radical (unpaired) electrons. The van der Waals surface area contributed by atoms with Gasteiger partial charge in [-0.05, 0) is 52.5 Å². The zero-order valence-electron chi connectivity index (χ0n) is 17.1. The van der Waals surface area contributed by atoms with Crippen LogP contribution in [0.3, 0.4) is 0 Å². The first-order valence-corrected chi connectivity index (χ1v) is 10.8. The molecule has 29 heavy (non-hydrogen) atoms. The second-order valence-electron chi connectivity index (χ2n) is 8.47. The molecule has 0 aromatic carbocycles. The van der Waals surface area contributed by atoms with Crippen molar-refractivity contribution in [2.24, 2.45) is 0 Å². The minimum atomic E-state index is -0.541. The van der Waals surface area contributed by atoms with E-state index in [0.29, 0.717) is 23.5 Å². The Morgan fingerprint density at radius 3 is 2.86 bits per heavy atom. The van der Waals surface area contributed by atoms with Gasteiger partial charge in [-0.3, -0.25) is 4.79 Å². The summed E-state index contributed by atoms with van der Waals surface area (Å²) < 4.78 is 7.30. The summed E-state index contributed by atoms with van der Waals surface area (Å²) in [6, 6.07) is 1.32. The molecule has 154 valence electrons. The summed E-state index contributed by atoms with van der Waals surface area (Å²) in [5.74, 6) is 0.482. The number of hydrogen-bond acceptors (Lipinski definition) is 6. The zero-order chi connectivity index (χ0) is 20.1. The number of carbonyl (C=O) groups excluding carboxylic acids is 1. The molecule has 7 nitrogen and oxygen atoms in total. The topological polar surface area (TPSA) is 76.5 Å². The average molecular weight is 396 g/mol. The van der Waals surface area contributed by atoms with Gasteiger partial charge in [0.05, 0.1) is 17.5 Å². The normalized spacial score (nSPS) is 23.6. The molecule has 3 aliphatic rings. The molecule has 2 atom stereocenters. The number of aromatic nitrogens is 2. The van der Waals surface area contributed by atoms with Crippen LogP contribution >= 0.6 is 0 Å². The smallest absolute Gasteiger partial charge is 0.343 e. The highest BCUT2D eigenvalue weighted by Crippen LogP contribution is 2.41. The lowest BCUT2D eigenvalue weighted by atomic mass is 10.0. The molecule has 2 aliphatic heterocycles. The summed E-state index contributed by atoms with van der Waals surface area (Å²) in [6.07, 6.45) is 9.86. The summed E-state index contributed by atoms with van der Waals surface area (Å²) in [4.78, 5) is 32.8. The lowest BCUT2D eigenvalue weighted by molar-refractivity contribution is 0.0524. The molecule has 2 aromatic rings. The number of ether oxygens (including phenoxy) is 1. The summed E-state index contributed by atoms with van der Waals surface area (Å²) in [7, 11) is 2.02. The molecular formula is C22H28N4O3. The zero-order valence-corrected chi connectivity index (χ0v) is 17.1. The molecule has 4 heterocycles. The van der Waals surface area contributed by atoms with Crippen LogP contribution in [-0.2, 0) is 11.2 Å². The van der Waals surface area contributed by atoms with Gasteiger partial charge < -0.3 is 19.5 Å². The lowest BCUT2D eigenvalue weighted by Crippen LogP contribution is -2.32. The Bertz CT molecular complexity index is 1030. The third kappa shape index (κ3) is 3.03. The molecule has 0 spiro atoms. The number of pyridine rings is 2. The number of carbonyl (C=O) groups is 1. The van der Waals surface area contributed by atoms with E-state index in [4.69, 9.17) is 9.72 Å². The fraction of sp³-hybridized carbons (Fsp3) is 0.591. The van der Waals surface area contributed by atoms with Crippen molar-refractivity contribution < 1.29 is 9.53 Å². The van der Waals surface area contributed by atoms with Gasteiger partial charge in [0.25, 0.3) is 0 Å². The van der Waals surface area contributed by atoms with E-state index in [0.717, 1.165) is 56.4 Å². The first kappa shape index (κ1) is 18.6. The van der Waals surface area contributed by atoms with Crippen LogP contribution in [0, 0.1) is 0 Å². The van der Waals surface area contributed by atoms with Crippen LogP contribution in [0.1, 0.15) is 61.0 Å². The molecular weight excluding hydrogens is 368 g/mol. The van der Waals surface area contributed by atoms with Gasteiger partial charge in [-0.2, -0.15) is 0 Å². The highest BCUT2D eigenvalue weighted by molar-refractivity contribution is 5.95. The minimum Gasteiger partial charge on any atom is -0.462 e.